The zero-order valence-electron chi connectivity index (χ0n) is 5.50. The molecule has 10 heavy (non-hydrogen) atoms. The first-order valence-electron chi connectivity index (χ1n) is 3.16. The van der Waals surface area contributed by atoms with Gasteiger partial charge in [0.05, 0.1) is 0 Å². The number of carbonyl (C=O) groups is 1. The predicted molar refractivity (Wildman–Crippen MR) is 36.0 cm³/mol. The topological polar surface area (TPSA) is 49.3 Å². The van der Waals surface area contributed by atoms with E-state index in [1.807, 2.05) is 5.92 Å². The highest BCUT2D eigenvalue weighted by atomic mass is 16.3. The molecular weight excluding hydrogens is 130 g/mol. The standard InChI is InChI=1S/C7H9NO2/c1-2-7(10)8-6-3-5(6)4-9/h1,5-6,9H,3-4H2,(H,8,10)/t5-,6+/m0/s1. The number of aliphatic hydroxyl groups is 1. The number of hydrogen-bond acceptors (Lipinski definition) is 2. The molecule has 3 nitrogen and oxygen atoms in total. The van der Waals surface area contributed by atoms with Crippen molar-refractivity contribution in [2.75, 3.05) is 6.61 Å². The van der Waals surface area contributed by atoms with Gasteiger partial charge in [0.25, 0.3) is 5.91 Å². The second-order valence-electron chi connectivity index (χ2n) is 2.40. The molecule has 0 radical (unpaired) electrons. The fourth-order valence-corrected chi connectivity index (χ4v) is 0.836. The van der Waals surface area contributed by atoms with Crippen LogP contribution >= 0.6 is 0 Å². The van der Waals surface area contributed by atoms with E-state index in [1.165, 1.54) is 0 Å². The SMILES string of the molecule is C#CC(=O)N[C@@H]1C[C@H]1CO. The molecular formula is C7H9NO2. The van der Waals surface area contributed by atoms with Crippen molar-refractivity contribution in [3.05, 3.63) is 0 Å². The summed E-state index contributed by atoms with van der Waals surface area (Å²) in [5.41, 5.74) is 0. The Balaban J connectivity index is 2.19. The molecule has 1 aliphatic rings. The van der Waals surface area contributed by atoms with Crippen LogP contribution in [-0.4, -0.2) is 23.7 Å². The van der Waals surface area contributed by atoms with E-state index in [-0.39, 0.29) is 24.5 Å². The lowest BCUT2D eigenvalue weighted by atomic mass is 10.4. The predicted octanol–water partition coefficient (Wildman–Crippen LogP) is -0.883. The second kappa shape index (κ2) is 2.72. The Bertz CT molecular complexity index is 183. The zero-order valence-corrected chi connectivity index (χ0v) is 5.50. The largest absolute Gasteiger partial charge is 0.396 e. The Morgan fingerprint density at radius 2 is 2.60 bits per heavy atom. The molecule has 0 unspecified atom stereocenters. The number of hydrogen-bond donors (Lipinski definition) is 2. The summed E-state index contributed by atoms with van der Waals surface area (Å²) < 4.78 is 0. The van der Waals surface area contributed by atoms with E-state index in [4.69, 9.17) is 11.5 Å². The molecule has 0 spiro atoms. The summed E-state index contributed by atoms with van der Waals surface area (Å²) in [5.74, 6) is 1.79. The highest BCUT2D eigenvalue weighted by Gasteiger charge is 2.37. The lowest BCUT2D eigenvalue weighted by molar-refractivity contribution is -0.115. The summed E-state index contributed by atoms with van der Waals surface area (Å²) in [6, 6.07) is 0.119. The van der Waals surface area contributed by atoms with E-state index in [0.29, 0.717) is 0 Å². The Kier molecular flexibility index (Phi) is 1.93. The van der Waals surface area contributed by atoms with E-state index in [1.54, 1.807) is 0 Å². The van der Waals surface area contributed by atoms with Gasteiger partial charge >= 0.3 is 0 Å². The van der Waals surface area contributed by atoms with Gasteiger partial charge in [-0.05, 0) is 12.3 Å². The number of amides is 1. The molecule has 0 aromatic heterocycles. The monoisotopic (exact) mass is 139 g/mol. The van der Waals surface area contributed by atoms with Crippen molar-refractivity contribution >= 4 is 5.91 Å². The zero-order chi connectivity index (χ0) is 7.56. The Labute approximate surface area is 59.4 Å². The van der Waals surface area contributed by atoms with Gasteiger partial charge in [-0.2, -0.15) is 0 Å². The molecule has 0 aromatic carbocycles. The Morgan fingerprint density at radius 1 is 1.90 bits per heavy atom. The van der Waals surface area contributed by atoms with E-state index in [2.05, 4.69) is 5.32 Å². The maximum atomic E-state index is 10.5. The molecule has 1 aliphatic carbocycles. The van der Waals surface area contributed by atoms with Crippen LogP contribution in [0.3, 0.4) is 0 Å². The Morgan fingerprint density at radius 3 is 3.00 bits per heavy atom. The molecule has 3 heteroatoms. The molecule has 1 saturated carbocycles. The van der Waals surface area contributed by atoms with Gasteiger partial charge in [0.1, 0.15) is 0 Å². The first-order valence-corrected chi connectivity index (χ1v) is 3.16. The van der Waals surface area contributed by atoms with Crippen molar-refractivity contribution in [2.45, 2.75) is 12.5 Å². The third-order valence-corrected chi connectivity index (χ3v) is 1.60. The quantitative estimate of drug-likeness (QED) is 0.488. The van der Waals surface area contributed by atoms with Crippen LogP contribution in [0.15, 0.2) is 0 Å². The average Bonchev–Trinajstić information content (AvgIpc) is 2.67. The van der Waals surface area contributed by atoms with E-state index < -0.39 is 0 Å². The molecule has 0 bridgehead atoms. The van der Waals surface area contributed by atoms with Crippen LogP contribution in [0.1, 0.15) is 6.42 Å². The van der Waals surface area contributed by atoms with Gasteiger partial charge in [0.15, 0.2) is 0 Å². The van der Waals surface area contributed by atoms with Gasteiger partial charge < -0.3 is 10.4 Å². The van der Waals surface area contributed by atoms with Crippen LogP contribution < -0.4 is 5.32 Å². The third kappa shape index (κ3) is 1.49. The van der Waals surface area contributed by atoms with E-state index >= 15 is 0 Å². The lowest BCUT2D eigenvalue weighted by Gasteiger charge is -1.95. The first kappa shape index (κ1) is 7.10. The van der Waals surface area contributed by atoms with Crippen molar-refractivity contribution in [1.29, 1.82) is 0 Å². The number of terminal acetylenes is 1. The third-order valence-electron chi connectivity index (χ3n) is 1.60. The van der Waals surface area contributed by atoms with Gasteiger partial charge in [0.2, 0.25) is 0 Å². The summed E-state index contributed by atoms with van der Waals surface area (Å²) in [7, 11) is 0. The van der Waals surface area contributed by atoms with Gasteiger partial charge in [-0.1, -0.05) is 0 Å². The fourth-order valence-electron chi connectivity index (χ4n) is 0.836. The summed E-state index contributed by atoms with van der Waals surface area (Å²) in [6.07, 6.45) is 5.66. The van der Waals surface area contributed by atoms with Gasteiger partial charge in [0, 0.05) is 18.6 Å². The number of aliphatic hydroxyl groups excluding tert-OH is 1. The van der Waals surface area contributed by atoms with Crippen molar-refractivity contribution in [3.63, 3.8) is 0 Å². The van der Waals surface area contributed by atoms with Crippen molar-refractivity contribution in [1.82, 2.24) is 5.32 Å². The smallest absolute Gasteiger partial charge is 0.295 e. The lowest BCUT2D eigenvalue weighted by Crippen LogP contribution is -2.25. The molecule has 1 amide bonds. The average molecular weight is 139 g/mol. The van der Waals surface area contributed by atoms with E-state index in [9.17, 15) is 4.79 Å². The second-order valence-corrected chi connectivity index (χ2v) is 2.40. The molecule has 54 valence electrons. The molecule has 0 aromatic rings. The number of carbonyl (C=O) groups excluding carboxylic acids is 1. The van der Waals surface area contributed by atoms with Crippen molar-refractivity contribution in [2.24, 2.45) is 5.92 Å². The van der Waals surface area contributed by atoms with E-state index in [0.717, 1.165) is 6.42 Å². The van der Waals surface area contributed by atoms with Crippen molar-refractivity contribution in [3.8, 4) is 12.3 Å². The van der Waals surface area contributed by atoms with Crippen LogP contribution in [0.25, 0.3) is 0 Å². The highest BCUT2D eigenvalue weighted by Crippen LogP contribution is 2.28. The van der Waals surface area contributed by atoms with Crippen LogP contribution in [0.2, 0.25) is 0 Å². The minimum Gasteiger partial charge on any atom is -0.396 e. The fraction of sp³-hybridized carbons (Fsp3) is 0.571. The normalized spacial score (nSPS) is 28.8. The van der Waals surface area contributed by atoms with Crippen molar-refractivity contribution < 1.29 is 9.90 Å². The minimum atomic E-state index is -0.388. The van der Waals surface area contributed by atoms with Gasteiger partial charge in [-0.25, -0.2) is 0 Å². The summed E-state index contributed by atoms with van der Waals surface area (Å²) in [6.45, 7) is 0.134. The molecule has 0 heterocycles. The van der Waals surface area contributed by atoms with Gasteiger partial charge in [-0.3, -0.25) is 4.79 Å². The number of rotatable bonds is 2. The molecule has 0 saturated heterocycles. The molecule has 1 fully saturated rings. The summed E-state index contributed by atoms with van der Waals surface area (Å²) in [5, 5.41) is 11.1. The molecule has 2 N–H and O–H groups in total. The number of nitrogens with one attached hydrogen (secondary N) is 1. The molecule has 2 atom stereocenters. The van der Waals surface area contributed by atoms with Crippen LogP contribution in [-0.2, 0) is 4.79 Å². The summed E-state index contributed by atoms with van der Waals surface area (Å²) in [4.78, 5) is 10.5. The Hall–Kier alpha value is -1.01. The molecule has 0 aliphatic heterocycles. The minimum absolute atomic E-state index is 0.119. The van der Waals surface area contributed by atoms with Gasteiger partial charge in [-0.15, -0.1) is 6.42 Å². The summed E-state index contributed by atoms with van der Waals surface area (Å²) >= 11 is 0. The van der Waals surface area contributed by atoms with Crippen LogP contribution in [0, 0.1) is 18.3 Å². The highest BCUT2D eigenvalue weighted by molar-refractivity contribution is 5.93. The molecule has 1 rings (SSSR count). The first-order chi connectivity index (χ1) is 4.77. The maximum Gasteiger partial charge on any atom is 0.295 e. The maximum absolute atomic E-state index is 10.5. The van der Waals surface area contributed by atoms with Crippen LogP contribution in [0.5, 0.6) is 0 Å². The van der Waals surface area contributed by atoms with Crippen LogP contribution in [0.4, 0.5) is 0 Å².